The molecule has 6 nitrogen and oxygen atoms in total. The van der Waals surface area contributed by atoms with Crippen LogP contribution in [0, 0.1) is 5.92 Å². The van der Waals surface area contributed by atoms with Gasteiger partial charge >= 0.3 is 0 Å². The fourth-order valence-electron chi connectivity index (χ4n) is 5.32. The lowest BCUT2D eigenvalue weighted by atomic mass is 9.79. The molecule has 1 aliphatic carbocycles. The first-order valence-electron chi connectivity index (χ1n) is 11.6. The zero-order valence-corrected chi connectivity index (χ0v) is 18.0. The first kappa shape index (κ1) is 21.3. The maximum absolute atomic E-state index is 12.9. The Labute approximate surface area is 179 Å². The van der Waals surface area contributed by atoms with Crippen LogP contribution in [0.25, 0.3) is 0 Å². The van der Waals surface area contributed by atoms with Gasteiger partial charge < -0.3 is 15.0 Å². The molecule has 1 aromatic carbocycles. The van der Waals surface area contributed by atoms with Crippen molar-refractivity contribution in [1.82, 2.24) is 15.1 Å². The van der Waals surface area contributed by atoms with Crippen LogP contribution in [0.1, 0.15) is 44.1 Å². The van der Waals surface area contributed by atoms with Crippen molar-refractivity contribution in [2.24, 2.45) is 5.92 Å². The number of nitrogens with zero attached hydrogens (tertiary/aromatic N) is 2. The van der Waals surface area contributed by atoms with Gasteiger partial charge in [0, 0.05) is 44.7 Å². The first-order valence-corrected chi connectivity index (χ1v) is 11.6. The number of hydrogen-bond donors (Lipinski definition) is 1. The minimum absolute atomic E-state index is 0.0452. The molecule has 0 bridgehead atoms. The molecule has 0 aromatic heterocycles. The number of morpholine rings is 1. The Kier molecular flexibility index (Phi) is 7.05. The fraction of sp³-hybridized carbons (Fsp3) is 0.667. The van der Waals surface area contributed by atoms with Crippen LogP contribution in [0.15, 0.2) is 30.3 Å². The van der Waals surface area contributed by atoms with E-state index in [2.05, 4.69) is 22.3 Å². The summed E-state index contributed by atoms with van der Waals surface area (Å²) >= 11 is 0. The van der Waals surface area contributed by atoms with E-state index in [-0.39, 0.29) is 23.3 Å². The van der Waals surface area contributed by atoms with Crippen LogP contribution < -0.4 is 5.32 Å². The molecule has 3 fully saturated rings. The first-order chi connectivity index (χ1) is 14.7. The third kappa shape index (κ3) is 5.03. The predicted molar refractivity (Wildman–Crippen MR) is 116 cm³/mol. The molecule has 2 aliphatic heterocycles. The van der Waals surface area contributed by atoms with Crippen molar-refractivity contribution in [3.05, 3.63) is 35.9 Å². The number of amides is 2. The van der Waals surface area contributed by atoms with Crippen LogP contribution in [0.2, 0.25) is 0 Å². The molecule has 164 valence electrons. The van der Waals surface area contributed by atoms with Crippen LogP contribution in [-0.2, 0) is 20.7 Å². The number of rotatable bonds is 7. The van der Waals surface area contributed by atoms with Crippen molar-refractivity contribution in [1.29, 1.82) is 0 Å². The smallest absolute Gasteiger partial charge is 0.225 e. The van der Waals surface area contributed by atoms with Crippen LogP contribution >= 0.6 is 0 Å². The van der Waals surface area contributed by atoms with Gasteiger partial charge in [0.25, 0.3) is 0 Å². The average molecular weight is 414 g/mol. The molecule has 4 rings (SSSR count). The topological polar surface area (TPSA) is 61.9 Å². The summed E-state index contributed by atoms with van der Waals surface area (Å²) in [5, 5.41) is 3.25. The molecule has 1 atom stereocenters. The number of benzene rings is 1. The molecule has 0 radical (unpaired) electrons. The van der Waals surface area contributed by atoms with E-state index in [9.17, 15) is 9.59 Å². The van der Waals surface area contributed by atoms with Crippen molar-refractivity contribution in [2.75, 3.05) is 45.9 Å². The third-order valence-corrected chi connectivity index (χ3v) is 7.16. The van der Waals surface area contributed by atoms with Crippen molar-refractivity contribution in [2.45, 2.75) is 50.5 Å². The minimum Gasteiger partial charge on any atom is -0.379 e. The van der Waals surface area contributed by atoms with Gasteiger partial charge in [-0.2, -0.15) is 0 Å². The molecular formula is C24H35N3O3. The summed E-state index contributed by atoms with van der Waals surface area (Å²) in [6, 6.07) is 10.2. The maximum Gasteiger partial charge on any atom is 0.225 e. The quantitative estimate of drug-likeness (QED) is 0.745. The molecule has 2 heterocycles. The Hall–Kier alpha value is -1.92. The minimum atomic E-state index is -0.224. The van der Waals surface area contributed by atoms with Gasteiger partial charge in [-0.25, -0.2) is 0 Å². The van der Waals surface area contributed by atoms with Gasteiger partial charge in [0.15, 0.2) is 0 Å². The fourth-order valence-corrected chi connectivity index (χ4v) is 5.32. The SMILES string of the molecule is O=C(NCC1(N2CCOCC2)CCCCC1)C1CC(=O)N(CCc2ccccc2)C1. The van der Waals surface area contributed by atoms with Crippen molar-refractivity contribution < 1.29 is 14.3 Å². The molecule has 30 heavy (non-hydrogen) atoms. The molecule has 3 aliphatic rings. The van der Waals surface area contributed by atoms with E-state index in [0.717, 1.165) is 45.6 Å². The van der Waals surface area contributed by atoms with E-state index in [1.807, 2.05) is 23.1 Å². The van der Waals surface area contributed by atoms with E-state index in [4.69, 9.17) is 4.74 Å². The third-order valence-electron chi connectivity index (χ3n) is 7.16. The lowest BCUT2D eigenvalue weighted by Crippen LogP contribution is -2.60. The Balaban J connectivity index is 1.30. The van der Waals surface area contributed by atoms with Gasteiger partial charge in [0.2, 0.25) is 11.8 Å². The zero-order chi connectivity index (χ0) is 20.8. The van der Waals surface area contributed by atoms with E-state index in [1.54, 1.807) is 0 Å². The Morgan fingerprint density at radius 3 is 2.57 bits per heavy atom. The number of hydrogen-bond acceptors (Lipinski definition) is 4. The summed E-state index contributed by atoms with van der Waals surface area (Å²) in [5.41, 5.74) is 1.29. The zero-order valence-electron chi connectivity index (χ0n) is 18.0. The summed E-state index contributed by atoms with van der Waals surface area (Å²) in [6.07, 6.45) is 7.19. The molecule has 1 saturated carbocycles. The monoisotopic (exact) mass is 413 g/mol. The number of carbonyl (C=O) groups is 2. The molecule has 2 saturated heterocycles. The lowest BCUT2D eigenvalue weighted by molar-refractivity contribution is -0.129. The maximum atomic E-state index is 12.9. The standard InChI is InChI=1S/C24H35N3O3/c28-22-17-21(18-26(22)12-9-20-7-3-1-4-8-20)23(29)25-19-24(10-5-2-6-11-24)27-13-15-30-16-14-27/h1,3-4,7-8,21H,2,5-6,9-19H2,(H,25,29). The van der Waals surface area contributed by atoms with Crippen LogP contribution in [0.3, 0.4) is 0 Å². The largest absolute Gasteiger partial charge is 0.379 e. The molecule has 2 amide bonds. The number of ether oxygens (including phenoxy) is 1. The van der Waals surface area contributed by atoms with Crippen LogP contribution in [-0.4, -0.2) is 73.1 Å². The van der Waals surface area contributed by atoms with Crippen LogP contribution in [0.4, 0.5) is 0 Å². The Bertz CT molecular complexity index is 712. The molecular weight excluding hydrogens is 378 g/mol. The van der Waals surface area contributed by atoms with Crippen molar-refractivity contribution in [3.63, 3.8) is 0 Å². The highest BCUT2D eigenvalue weighted by atomic mass is 16.5. The summed E-state index contributed by atoms with van der Waals surface area (Å²) < 4.78 is 5.55. The predicted octanol–water partition coefficient (Wildman–Crippen LogP) is 2.23. The highest BCUT2D eigenvalue weighted by molar-refractivity contribution is 5.89. The van der Waals surface area contributed by atoms with E-state index < -0.39 is 0 Å². The van der Waals surface area contributed by atoms with Gasteiger partial charge in [-0.15, -0.1) is 0 Å². The second-order valence-electron chi connectivity index (χ2n) is 9.08. The molecule has 1 aromatic rings. The van der Waals surface area contributed by atoms with Gasteiger partial charge in [-0.3, -0.25) is 14.5 Å². The van der Waals surface area contributed by atoms with Gasteiger partial charge in [0.05, 0.1) is 19.1 Å². The summed E-state index contributed by atoms with van der Waals surface area (Å²) in [4.78, 5) is 29.8. The number of likely N-dealkylation sites (tertiary alicyclic amines) is 1. The Morgan fingerprint density at radius 2 is 1.83 bits per heavy atom. The highest BCUT2D eigenvalue weighted by Crippen LogP contribution is 2.34. The molecule has 1 N–H and O–H groups in total. The van der Waals surface area contributed by atoms with Crippen molar-refractivity contribution in [3.8, 4) is 0 Å². The normalized spacial score (nSPS) is 24.7. The summed E-state index contributed by atoms with van der Waals surface area (Å²) in [6.45, 7) is 5.38. The second kappa shape index (κ2) is 9.92. The van der Waals surface area contributed by atoms with Gasteiger partial charge in [0.1, 0.15) is 0 Å². The lowest BCUT2D eigenvalue weighted by Gasteiger charge is -2.48. The van der Waals surface area contributed by atoms with E-state index >= 15 is 0 Å². The summed E-state index contributed by atoms with van der Waals surface area (Å²) in [5.74, 6) is -0.0750. The van der Waals surface area contributed by atoms with Crippen molar-refractivity contribution >= 4 is 11.8 Å². The Morgan fingerprint density at radius 1 is 1.10 bits per heavy atom. The highest BCUT2D eigenvalue weighted by Gasteiger charge is 2.40. The van der Waals surface area contributed by atoms with Gasteiger partial charge in [-0.05, 0) is 24.8 Å². The average Bonchev–Trinajstić information content (AvgIpc) is 3.18. The van der Waals surface area contributed by atoms with Gasteiger partial charge in [-0.1, -0.05) is 49.6 Å². The summed E-state index contributed by atoms with van der Waals surface area (Å²) in [7, 11) is 0. The second-order valence-corrected chi connectivity index (χ2v) is 9.08. The van der Waals surface area contributed by atoms with E-state index in [0.29, 0.717) is 26.1 Å². The van der Waals surface area contributed by atoms with E-state index in [1.165, 1.54) is 24.8 Å². The molecule has 6 heteroatoms. The van der Waals surface area contributed by atoms with Crippen LogP contribution in [0.5, 0.6) is 0 Å². The number of nitrogens with one attached hydrogen (secondary N) is 1. The molecule has 1 unspecified atom stereocenters. The number of carbonyl (C=O) groups excluding carboxylic acids is 2. The molecule has 0 spiro atoms.